The summed E-state index contributed by atoms with van der Waals surface area (Å²) in [6.45, 7) is 4.26. The first-order valence-electron chi connectivity index (χ1n) is 4.74. The molecule has 0 heterocycles. The van der Waals surface area contributed by atoms with E-state index < -0.39 is 0 Å². The van der Waals surface area contributed by atoms with Crippen LogP contribution in [-0.2, 0) is 6.42 Å². The van der Waals surface area contributed by atoms with Crippen LogP contribution < -0.4 is 0 Å². The molecule has 1 atom stereocenters. The molecule has 1 unspecified atom stereocenters. The van der Waals surface area contributed by atoms with E-state index in [0.717, 1.165) is 6.42 Å². The van der Waals surface area contributed by atoms with Crippen molar-refractivity contribution >= 4 is 0 Å². The third-order valence-electron chi connectivity index (χ3n) is 2.36. The zero-order chi connectivity index (χ0) is 9.68. The summed E-state index contributed by atoms with van der Waals surface area (Å²) in [6, 6.07) is 10.6. The van der Waals surface area contributed by atoms with Gasteiger partial charge in [-0.2, -0.15) is 5.26 Å². The first kappa shape index (κ1) is 9.80. The first-order valence-corrected chi connectivity index (χ1v) is 4.74. The number of aryl methyl sites for hydroxylation is 1. The van der Waals surface area contributed by atoms with Crippen LogP contribution in [0.15, 0.2) is 24.3 Å². The molecule has 1 rings (SSSR count). The summed E-state index contributed by atoms with van der Waals surface area (Å²) in [5.41, 5.74) is 2.69. The molecule has 1 heteroatoms. The average Bonchev–Trinajstić information content (AvgIpc) is 2.18. The van der Waals surface area contributed by atoms with Crippen molar-refractivity contribution in [3.63, 3.8) is 0 Å². The van der Waals surface area contributed by atoms with E-state index in [2.05, 4.69) is 38.1 Å². The number of benzene rings is 1. The van der Waals surface area contributed by atoms with Gasteiger partial charge < -0.3 is 0 Å². The van der Waals surface area contributed by atoms with E-state index in [4.69, 9.17) is 5.26 Å². The minimum atomic E-state index is 0.362. The molecule has 0 aliphatic rings. The third-order valence-corrected chi connectivity index (χ3v) is 2.36. The summed E-state index contributed by atoms with van der Waals surface area (Å²) < 4.78 is 0. The second kappa shape index (κ2) is 4.67. The normalized spacial score (nSPS) is 12.1. The molecule has 0 aromatic heterocycles. The molecule has 68 valence electrons. The number of hydrogen-bond acceptors (Lipinski definition) is 1. The van der Waals surface area contributed by atoms with Gasteiger partial charge in [-0.3, -0.25) is 0 Å². The van der Waals surface area contributed by atoms with Crippen molar-refractivity contribution < 1.29 is 0 Å². The molecule has 13 heavy (non-hydrogen) atoms. The van der Waals surface area contributed by atoms with E-state index in [1.165, 1.54) is 11.1 Å². The molecule has 0 N–H and O–H groups in total. The summed E-state index contributed by atoms with van der Waals surface area (Å²) in [7, 11) is 0. The lowest BCUT2D eigenvalue weighted by atomic mass is 9.92. The Morgan fingerprint density at radius 2 is 2.08 bits per heavy atom. The highest BCUT2D eigenvalue weighted by atomic mass is 14.2. The molecule has 0 aliphatic heterocycles. The summed E-state index contributed by atoms with van der Waals surface area (Å²) in [6.07, 6.45) is 1.66. The molecular weight excluding hydrogens is 158 g/mol. The summed E-state index contributed by atoms with van der Waals surface area (Å²) in [4.78, 5) is 0. The molecule has 0 bridgehead atoms. The monoisotopic (exact) mass is 173 g/mol. The maximum absolute atomic E-state index is 8.61. The summed E-state index contributed by atoms with van der Waals surface area (Å²) >= 11 is 0. The summed E-state index contributed by atoms with van der Waals surface area (Å²) in [5.74, 6) is 0.362. The zero-order valence-electron chi connectivity index (χ0n) is 8.25. The lowest BCUT2D eigenvalue weighted by molar-refractivity contribution is 0.775. The van der Waals surface area contributed by atoms with Gasteiger partial charge in [-0.1, -0.05) is 38.1 Å². The highest BCUT2D eigenvalue weighted by Crippen LogP contribution is 2.22. The lowest BCUT2D eigenvalue weighted by Crippen LogP contribution is -1.97. The standard InChI is InChI=1S/C12H15N/c1-3-11-6-4-5-7-12(11)10(2)8-9-13/h4-7,10H,3,8H2,1-2H3. The average molecular weight is 173 g/mol. The van der Waals surface area contributed by atoms with Crippen molar-refractivity contribution in [1.82, 2.24) is 0 Å². The zero-order valence-corrected chi connectivity index (χ0v) is 8.25. The van der Waals surface area contributed by atoms with Gasteiger partial charge in [-0.15, -0.1) is 0 Å². The SMILES string of the molecule is CCc1ccccc1C(C)CC#N. The highest BCUT2D eigenvalue weighted by Gasteiger charge is 2.07. The molecule has 0 saturated heterocycles. The van der Waals surface area contributed by atoms with E-state index >= 15 is 0 Å². The van der Waals surface area contributed by atoms with Crippen molar-refractivity contribution in [2.45, 2.75) is 32.6 Å². The van der Waals surface area contributed by atoms with E-state index in [1.807, 2.05) is 6.07 Å². The third kappa shape index (κ3) is 2.32. The molecule has 0 saturated carbocycles. The molecular formula is C12H15N. The van der Waals surface area contributed by atoms with Gasteiger partial charge in [0.2, 0.25) is 0 Å². The molecule has 0 spiro atoms. The quantitative estimate of drug-likeness (QED) is 0.688. The van der Waals surface area contributed by atoms with E-state index in [0.29, 0.717) is 12.3 Å². The Balaban J connectivity index is 2.93. The second-order valence-corrected chi connectivity index (χ2v) is 3.32. The molecule has 1 aromatic carbocycles. The predicted molar refractivity (Wildman–Crippen MR) is 54.5 cm³/mol. The van der Waals surface area contributed by atoms with Gasteiger partial charge in [0.1, 0.15) is 0 Å². The van der Waals surface area contributed by atoms with Gasteiger partial charge in [0, 0.05) is 6.42 Å². The van der Waals surface area contributed by atoms with Gasteiger partial charge in [0.15, 0.2) is 0 Å². The van der Waals surface area contributed by atoms with E-state index in [-0.39, 0.29) is 0 Å². The molecule has 0 radical (unpaired) electrons. The molecule has 0 fully saturated rings. The van der Waals surface area contributed by atoms with Crippen LogP contribution in [0, 0.1) is 11.3 Å². The molecule has 0 aliphatic carbocycles. The van der Waals surface area contributed by atoms with Gasteiger partial charge in [-0.05, 0) is 23.5 Å². The fraction of sp³-hybridized carbons (Fsp3) is 0.417. The Bertz CT molecular complexity index is 309. The second-order valence-electron chi connectivity index (χ2n) is 3.32. The Labute approximate surface area is 80.0 Å². The molecule has 1 aromatic rings. The van der Waals surface area contributed by atoms with E-state index in [1.54, 1.807) is 0 Å². The van der Waals surface area contributed by atoms with Crippen LogP contribution in [0.2, 0.25) is 0 Å². The van der Waals surface area contributed by atoms with Crippen LogP contribution >= 0.6 is 0 Å². The van der Waals surface area contributed by atoms with Crippen molar-refractivity contribution in [2.24, 2.45) is 0 Å². The maximum atomic E-state index is 8.61. The predicted octanol–water partition coefficient (Wildman–Crippen LogP) is 3.27. The maximum Gasteiger partial charge on any atom is 0.0628 e. The Kier molecular flexibility index (Phi) is 3.52. The number of nitrogens with zero attached hydrogens (tertiary/aromatic N) is 1. The van der Waals surface area contributed by atoms with E-state index in [9.17, 15) is 0 Å². The van der Waals surface area contributed by atoms with Crippen LogP contribution in [0.1, 0.15) is 37.3 Å². The van der Waals surface area contributed by atoms with Crippen molar-refractivity contribution in [1.29, 1.82) is 5.26 Å². The van der Waals surface area contributed by atoms with Gasteiger partial charge in [-0.25, -0.2) is 0 Å². The van der Waals surface area contributed by atoms with Crippen LogP contribution in [-0.4, -0.2) is 0 Å². The number of rotatable bonds is 3. The van der Waals surface area contributed by atoms with Gasteiger partial charge in [0.05, 0.1) is 6.07 Å². The fourth-order valence-corrected chi connectivity index (χ4v) is 1.58. The largest absolute Gasteiger partial charge is 0.198 e. The first-order chi connectivity index (χ1) is 6.29. The Morgan fingerprint density at radius 3 is 2.69 bits per heavy atom. The molecule has 1 nitrogen and oxygen atoms in total. The van der Waals surface area contributed by atoms with Crippen molar-refractivity contribution in [3.8, 4) is 6.07 Å². The summed E-state index contributed by atoms with van der Waals surface area (Å²) in [5, 5.41) is 8.61. The Hall–Kier alpha value is -1.29. The van der Waals surface area contributed by atoms with Gasteiger partial charge >= 0.3 is 0 Å². The lowest BCUT2D eigenvalue weighted by Gasteiger charge is -2.12. The minimum Gasteiger partial charge on any atom is -0.198 e. The topological polar surface area (TPSA) is 23.8 Å². The minimum absolute atomic E-state index is 0.362. The Morgan fingerprint density at radius 1 is 1.38 bits per heavy atom. The van der Waals surface area contributed by atoms with Crippen molar-refractivity contribution in [3.05, 3.63) is 35.4 Å². The van der Waals surface area contributed by atoms with Gasteiger partial charge in [0.25, 0.3) is 0 Å². The number of nitriles is 1. The highest BCUT2D eigenvalue weighted by molar-refractivity contribution is 5.30. The van der Waals surface area contributed by atoms with Crippen LogP contribution in [0.25, 0.3) is 0 Å². The van der Waals surface area contributed by atoms with Crippen LogP contribution in [0.4, 0.5) is 0 Å². The fourth-order valence-electron chi connectivity index (χ4n) is 1.58. The van der Waals surface area contributed by atoms with Crippen molar-refractivity contribution in [2.75, 3.05) is 0 Å². The van der Waals surface area contributed by atoms with Crippen LogP contribution in [0.5, 0.6) is 0 Å². The van der Waals surface area contributed by atoms with Crippen LogP contribution in [0.3, 0.4) is 0 Å². The smallest absolute Gasteiger partial charge is 0.0628 e. The number of hydrogen-bond donors (Lipinski definition) is 0. The molecule has 0 amide bonds.